The van der Waals surface area contributed by atoms with E-state index >= 15 is 0 Å². The maximum atomic E-state index is 12.3. The van der Waals surface area contributed by atoms with Crippen molar-refractivity contribution in [3.63, 3.8) is 0 Å². The number of aliphatic hydroxyl groups is 1. The Kier molecular flexibility index (Phi) is 5.15. The molecule has 0 radical (unpaired) electrons. The summed E-state index contributed by atoms with van der Waals surface area (Å²) in [6.07, 6.45) is 2.44. The molecule has 2 N–H and O–H groups in total. The number of nitrogens with zero attached hydrogens (tertiary/aromatic N) is 2. The quantitative estimate of drug-likeness (QED) is 0.809. The first-order valence-electron chi connectivity index (χ1n) is 6.66. The summed E-state index contributed by atoms with van der Waals surface area (Å²) in [7, 11) is -3.59. The minimum atomic E-state index is -3.59. The van der Waals surface area contributed by atoms with Crippen LogP contribution < -0.4 is 4.72 Å². The van der Waals surface area contributed by atoms with E-state index in [1.54, 1.807) is 16.3 Å². The van der Waals surface area contributed by atoms with Crippen molar-refractivity contribution in [2.24, 2.45) is 0 Å². The number of thiazole rings is 1. The van der Waals surface area contributed by atoms with Gasteiger partial charge >= 0.3 is 0 Å². The van der Waals surface area contributed by atoms with Gasteiger partial charge in [0.1, 0.15) is 0 Å². The standard InChI is InChI=1S/C13H19N3O3S2/c1-3-4-16-7-12(5-11(16)8-17)21(18,19)15-6-13-10(2)14-9-20-13/h5,7,9,15,17H,3-4,6,8H2,1-2H3. The molecule has 21 heavy (non-hydrogen) atoms. The van der Waals surface area contributed by atoms with Crippen LogP contribution >= 0.6 is 11.3 Å². The smallest absolute Gasteiger partial charge is 0.242 e. The predicted molar refractivity (Wildman–Crippen MR) is 81.5 cm³/mol. The number of nitrogens with one attached hydrogen (secondary N) is 1. The number of hydrogen-bond donors (Lipinski definition) is 2. The lowest BCUT2D eigenvalue weighted by Gasteiger charge is -2.04. The second-order valence-corrected chi connectivity index (χ2v) is 7.41. The van der Waals surface area contributed by atoms with Gasteiger partial charge in [-0.2, -0.15) is 0 Å². The van der Waals surface area contributed by atoms with E-state index in [1.807, 2.05) is 13.8 Å². The Morgan fingerprint density at radius 2 is 2.24 bits per heavy atom. The molecule has 0 aliphatic carbocycles. The summed E-state index contributed by atoms with van der Waals surface area (Å²) in [5.41, 5.74) is 3.13. The van der Waals surface area contributed by atoms with E-state index < -0.39 is 10.0 Å². The summed E-state index contributed by atoms with van der Waals surface area (Å²) < 4.78 is 28.9. The first-order valence-corrected chi connectivity index (χ1v) is 9.02. The average molecular weight is 329 g/mol. The Bertz CT molecular complexity index is 704. The molecule has 0 atom stereocenters. The van der Waals surface area contributed by atoms with E-state index in [1.165, 1.54) is 17.4 Å². The fourth-order valence-electron chi connectivity index (χ4n) is 1.99. The van der Waals surface area contributed by atoms with Crippen molar-refractivity contribution in [3.05, 3.63) is 34.0 Å². The van der Waals surface area contributed by atoms with Crippen LogP contribution in [0.4, 0.5) is 0 Å². The molecule has 0 aliphatic heterocycles. The molecule has 2 aromatic heterocycles. The molecule has 2 rings (SSSR count). The molecule has 8 heteroatoms. The average Bonchev–Trinajstić information content (AvgIpc) is 3.04. The summed E-state index contributed by atoms with van der Waals surface area (Å²) >= 11 is 1.42. The van der Waals surface area contributed by atoms with Gasteiger partial charge in [0, 0.05) is 29.9 Å². The number of aromatic nitrogens is 2. The largest absolute Gasteiger partial charge is 0.390 e. The predicted octanol–water partition coefficient (Wildman–Crippen LogP) is 1.63. The van der Waals surface area contributed by atoms with Gasteiger partial charge in [-0.15, -0.1) is 11.3 Å². The molecule has 0 aromatic carbocycles. The monoisotopic (exact) mass is 329 g/mol. The van der Waals surface area contributed by atoms with E-state index in [2.05, 4.69) is 9.71 Å². The van der Waals surface area contributed by atoms with E-state index in [4.69, 9.17) is 0 Å². The van der Waals surface area contributed by atoms with Gasteiger partial charge in [-0.1, -0.05) is 6.92 Å². The normalized spacial score (nSPS) is 12.0. The lowest BCUT2D eigenvalue weighted by atomic mass is 10.4. The van der Waals surface area contributed by atoms with Crippen LogP contribution in [0.25, 0.3) is 0 Å². The minimum Gasteiger partial charge on any atom is -0.390 e. The van der Waals surface area contributed by atoms with Gasteiger partial charge in [-0.3, -0.25) is 0 Å². The summed E-state index contributed by atoms with van der Waals surface area (Å²) in [4.78, 5) is 5.17. The second kappa shape index (κ2) is 6.69. The minimum absolute atomic E-state index is 0.177. The van der Waals surface area contributed by atoms with Gasteiger partial charge in [0.05, 0.1) is 22.7 Å². The fourth-order valence-corrected chi connectivity index (χ4v) is 3.86. The number of hydrogen-bond acceptors (Lipinski definition) is 5. The highest BCUT2D eigenvalue weighted by molar-refractivity contribution is 7.89. The Morgan fingerprint density at radius 3 is 2.81 bits per heavy atom. The zero-order valence-electron chi connectivity index (χ0n) is 12.0. The highest BCUT2D eigenvalue weighted by Crippen LogP contribution is 2.17. The molecule has 0 aliphatic rings. The summed E-state index contributed by atoms with van der Waals surface area (Å²) in [6, 6.07) is 1.51. The topological polar surface area (TPSA) is 84.2 Å². The zero-order valence-corrected chi connectivity index (χ0v) is 13.7. The molecule has 0 spiro atoms. The first-order chi connectivity index (χ1) is 9.97. The van der Waals surface area contributed by atoms with Crippen LogP contribution in [-0.4, -0.2) is 23.1 Å². The van der Waals surface area contributed by atoms with Gasteiger partial charge in [-0.05, 0) is 19.4 Å². The van der Waals surface area contributed by atoms with Crippen LogP contribution in [0.3, 0.4) is 0 Å². The van der Waals surface area contributed by atoms with E-state index in [0.717, 1.165) is 17.0 Å². The van der Waals surface area contributed by atoms with Crippen LogP contribution in [0.1, 0.15) is 29.6 Å². The molecular weight excluding hydrogens is 310 g/mol. The van der Waals surface area contributed by atoms with Crippen LogP contribution in [-0.2, 0) is 29.7 Å². The summed E-state index contributed by atoms with van der Waals surface area (Å²) in [5.74, 6) is 0. The van der Waals surface area contributed by atoms with Gasteiger partial charge in [0.2, 0.25) is 10.0 Å². The van der Waals surface area contributed by atoms with E-state index in [9.17, 15) is 13.5 Å². The zero-order chi connectivity index (χ0) is 15.5. The van der Waals surface area contributed by atoms with Crippen LogP contribution in [0, 0.1) is 6.92 Å². The molecule has 0 saturated heterocycles. The Labute approximate surface area is 128 Å². The van der Waals surface area contributed by atoms with Crippen molar-refractivity contribution in [2.45, 2.75) is 44.9 Å². The molecular formula is C13H19N3O3S2. The van der Waals surface area contributed by atoms with Gasteiger partial charge < -0.3 is 9.67 Å². The summed E-state index contributed by atoms with van der Waals surface area (Å²) in [6.45, 7) is 4.58. The second-order valence-electron chi connectivity index (χ2n) is 4.70. The van der Waals surface area contributed by atoms with Gasteiger partial charge in [-0.25, -0.2) is 18.1 Å². The lowest BCUT2D eigenvalue weighted by molar-refractivity contribution is 0.270. The molecule has 0 saturated carbocycles. The third-order valence-electron chi connectivity index (χ3n) is 3.17. The van der Waals surface area contributed by atoms with Crippen LogP contribution in [0.2, 0.25) is 0 Å². The molecule has 2 aromatic rings. The Hall–Kier alpha value is -1.22. The van der Waals surface area contributed by atoms with Crippen molar-refractivity contribution in [2.75, 3.05) is 0 Å². The number of sulfonamides is 1. The van der Waals surface area contributed by atoms with Crippen molar-refractivity contribution in [1.29, 1.82) is 0 Å². The molecule has 0 unspecified atom stereocenters. The van der Waals surface area contributed by atoms with E-state index in [-0.39, 0.29) is 18.0 Å². The Morgan fingerprint density at radius 1 is 1.48 bits per heavy atom. The number of rotatable bonds is 7. The van der Waals surface area contributed by atoms with Gasteiger partial charge in [0.15, 0.2) is 0 Å². The summed E-state index contributed by atoms with van der Waals surface area (Å²) in [5, 5.41) is 9.30. The van der Waals surface area contributed by atoms with Crippen molar-refractivity contribution >= 4 is 21.4 Å². The van der Waals surface area contributed by atoms with E-state index in [0.29, 0.717) is 12.2 Å². The molecule has 0 fully saturated rings. The lowest BCUT2D eigenvalue weighted by Crippen LogP contribution is -2.22. The molecule has 116 valence electrons. The third kappa shape index (κ3) is 3.70. The van der Waals surface area contributed by atoms with Gasteiger partial charge in [0.25, 0.3) is 0 Å². The molecule has 0 amide bonds. The highest BCUT2D eigenvalue weighted by atomic mass is 32.2. The number of aryl methyl sites for hydroxylation is 2. The molecule has 0 bridgehead atoms. The molecule has 2 heterocycles. The van der Waals surface area contributed by atoms with Crippen molar-refractivity contribution in [1.82, 2.24) is 14.3 Å². The maximum absolute atomic E-state index is 12.3. The number of aliphatic hydroxyl groups excluding tert-OH is 1. The SMILES string of the molecule is CCCn1cc(S(=O)(=O)NCc2scnc2C)cc1CO. The maximum Gasteiger partial charge on any atom is 0.242 e. The Balaban J connectivity index is 2.17. The first kappa shape index (κ1) is 16.2. The van der Waals surface area contributed by atoms with Crippen LogP contribution in [0.15, 0.2) is 22.7 Å². The molecule has 6 nitrogen and oxygen atoms in total. The third-order valence-corrected chi connectivity index (χ3v) is 5.47. The fraction of sp³-hybridized carbons (Fsp3) is 0.462. The van der Waals surface area contributed by atoms with Crippen molar-refractivity contribution < 1.29 is 13.5 Å². The van der Waals surface area contributed by atoms with Crippen molar-refractivity contribution in [3.8, 4) is 0 Å². The van der Waals surface area contributed by atoms with Crippen LogP contribution in [0.5, 0.6) is 0 Å². The highest BCUT2D eigenvalue weighted by Gasteiger charge is 2.18.